The number of carbonyl (C=O) groups is 1. The fourth-order valence-corrected chi connectivity index (χ4v) is 4.25. The molecule has 1 heterocycles. The number of ether oxygens (including phenoxy) is 1. The SMILES string of the molecule is COc1ccc(CN(CCCCCCNc2ccccn2)C(=O)CC(C)CC(C)(C)C)cc1. The summed E-state index contributed by atoms with van der Waals surface area (Å²) in [7, 11) is 1.67. The van der Waals surface area contributed by atoms with E-state index < -0.39 is 0 Å². The van der Waals surface area contributed by atoms with Crippen LogP contribution in [0.3, 0.4) is 0 Å². The van der Waals surface area contributed by atoms with Gasteiger partial charge in [-0.1, -0.05) is 58.7 Å². The van der Waals surface area contributed by atoms with Crippen molar-refractivity contribution in [3.63, 3.8) is 0 Å². The van der Waals surface area contributed by atoms with Crippen LogP contribution in [0, 0.1) is 11.3 Å². The Bertz CT molecular complexity index is 800. The number of nitrogens with one attached hydrogen (secondary N) is 1. The second-order valence-electron chi connectivity index (χ2n) is 10.3. The lowest BCUT2D eigenvalue weighted by atomic mass is 9.84. The van der Waals surface area contributed by atoms with Crippen LogP contribution in [0.15, 0.2) is 48.7 Å². The molecule has 1 aromatic heterocycles. The number of carbonyl (C=O) groups excluding carboxylic acids is 1. The summed E-state index contributed by atoms with van der Waals surface area (Å²) in [5, 5.41) is 3.36. The predicted octanol–water partition coefficient (Wildman–Crippen LogP) is 6.55. The minimum Gasteiger partial charge on any atom is -0.497 e. The highest BCUT2D eigenvalue weighted by molar-refractivity contribution is 5.76. The molecular weight excluding hydrogens is 410 g/mol. The second kappa shape index (κ2) is 13.9. The van der Waals surface area contributed by atoms with E-state index in [1.807, 2.05) is 35.2 Å². The number of aromatic nitrogens is 1. The number of rotatable bonds is 14. The Morgan fingerprint density at radius 3 is 2.42 bits per heavy atom. The van der Waals surface area contributed by atoms with Crippen molar-refractivity contribution < 1.29 is 9.53 Å². The molecule has 5 nitrogen and oxygen atoms in total. The van der Waals surface area contributed by atoms with E-state index in [2.05, 4.69) is 50.1 Å². The topological polar surface area (TPSA) is 54.5 Å². The molecule has 0 aliphatic carbocycles. The molecule has 1 N–H and O–H groups in total. The Kier molecular flexibility index (Phi) is 11.2. The van der Waals surface area contributed by atoms with Gasteiger partial charge >= 0.3 is 0 Å². The molecule has 2 aromatic rings. The van der Waals surface area contributed by atoms with Gasteiger partial charge in [-0.05, 0) is 60.4 Å². The fraction of sp³-hybridized carbons (Fsp3) is 0.571. The minimum atomic E-state index is 0.240. The molecule has 1 atom stereocenters. The zero-order valence-corrected chi connectivity index (χ0v) is 21.3. The Morgan fingerprint density at radius 2 is 1.79 bits per heavy atom. The highest BCUT2D eigenvalue weighted by Gasteiger charge is 2.21. The molecule has 0 spiro atoms. The van der Waals surface area contributed by atoms with Gasteiger partial charge in [0.2, 0.25) is 5.91 Å². The van der Waals surface area contributed by atoms with E-state index in [0.29, 0.717) is 18.9 Å². The molecule has 182 valence electrons. The molecule has 0 bridgehead atoms. The number of hydrogen-bond donors (Lipinski definition) is 1. The number of methoxy groups -OCH3 is 1. The maximum absolute atomic E-state index is 13.2. The number of unbranched alkanes of at least 4 members (excludes halogenated alkanes) is 3. The van der Waals surface area contributed by atoms with Crippen molar-refractivity contribution in [2.24, 2.45) is 11.3 Å². The summed E-state index contributed by atoms with van der Waals surface area (Å²) in [4.78, 5) is 19.5. The van der Waals surface area contributed by atoms with Gasteiger partial charge in [0.15, 0.2) is 0 Å². The molecular formula is C28H43N3O2. The first-order chi connectivity index (χ1) is 15.8. The standard InChI is InChI=1S/C28H43N3O2/c1-23(21-28(2,3)4)20-27(32)31(22-24-13-15-25(33-5)16-14-24)19-11-7-6-9-17-29-26-12-8-10-18-30-26/h8,10,12-16,18,23H,6-7,9,11,17,19-22H2,1-5H3,(H,29,30). The monoisotopic (exact) mass is 453 g/mol. The number of benzene rings is 1. The van der Waals surface area contributed by atoms with Crippen molar-refractivity contribution in [1.82, 2.24) is 9.88 Å². The molecule has 0 aliphatic rings. The Labute approximate surface area is 200 Å². The highest BCUT2D eigenvalue weighted by Crippen LogP contribution is 2.26. The van der Waals surface area contributed by atoms with Gasteiger partial charge in [-0.3, -0.25) is 4.79 Å². The van der Waals surface area contributed by atoms with Gasteiger partial charge in [-0.15, -0.1) is 0 Å². The predicted molar refractivity (Wildman–Crippen MR) is 137 cm³/mol. The van der Waals surface area contributed by atoms with Crippen LogP contribution in [0.2, 0.25) is 0 Å². The smallest absolute Gasteiger partial charge is 0.223 e. The third-order valence-electron chi connectivity index (χ3n) is 5.69. The molecule has 0 aliphatic heterocycles. The van der Waals surface area contributed by atoms with Gasteiger partial charge in [0.25, 0.3) is 0 Å². The number of hydrogen-bond acceptors (Lipinski definition) is 4. The van der Waals surface area contributed by atoms with Crippen LogP contribution in [0.4, 0.5) is 5.82 Å². The maximum Gasteiger partial charge on any atom is 0.223 e. The first-order valence-corrected chi connectivity index (χ1v) is 12.3. The Morgan fingerprint density at radius 1 is 1.06 bits per heavy atom. The highest BCUT2D eigenvalue weighted by atomic mass is 16.5. The van der Waals surface area contributed by atoms with Gasteiger partial charge in [-0.25, -0.2) is 4.98 Å². The van der Waals surface area contributed by atoms with Crippen molar-refractivity contribution in [3.8, 4) is 5.75 Å². The average Bonchev–Trinajstić information content (AvgIpc) is 2.77. The van der Waals surface area contributed by atoms with Crippen LogP contribution in [0.5, 0.6) is 5.75 Å². The number of pyridine rings is 1. The first-order valence-electron chi connectivity index (χ1n) is 12.3. The fourth-order valence-electron chi connectivity index (χ4n) is 4.25. The zero-order valence-electron chi connectivity index (χ0n) is 21.3. The van der Waals surface area contributed by atoms with Gasteiger partial charge in [-0.2, -0.15) is 0 Å². The average molecular weight is 454 g/mol. The van der Waals surface area contributed by atoms with Crippen LogP contribution in [-0.4, -0.2) is 36.0 Å². The van der Waals surface area contributed by atoms with Crippen LogP contribution in [-0.2, 0) is 11.3 Å². The largest absolute Gasteiger partial charge is 0.497 e. The zero-order chi connectivity index (χ0) is 24.1. The van der Waals surface area contributed by atoms with Crippen LogP contribution in [0.1, 0.15) is 71.8 Å². The van der Waals surface area contributed by atoms with Crippen molar-refractivity contribution in [2.45, 2.75) is 72.8 Å². The van der Waals surface area contributed by atoms with Crippen molar-refractivity contribution in [3.05, 3.63) is 54.2 Å². The summed E-state index contributed by atoms with van der Waals surface area (Å²) in [6, 6.07) is 14.0. The molecule has 0 radical (unpaired) electrons. The molecule has 1 aromatic carbocycles. The van der Waals surface area contributed by atoms with E-state index in [9.17, 15) is 4.79 Å². The summed E-state index contributed by atoms with van der Waals surface area (Å²) < 4.78 is 5.27. The molecule has 1 unspecified atom stereocenters. The van der Waals surface area contributed by atoms with E-state index in [1.54, 1.807) is 13.3 Å². The third-order valence-corrected chi connectivity index (χ3v) is 5.69. The summed E-state index contributed by atoms with van der Waals surface area (Å²) in [6.45, 7) is 11.3. The number of amides is 1. The third kappa shape index (κ3) is 11.2. The van der Waals surface area contributed by atoms with Gasteiger partial charge in [0, 0.05) is 32.3 Å². The Balaban J connectivity index is 1.82. The molecule has 0 saturated heterocycles. The molecule has 2 rings (SSSR count). The Hall–Kier alpha value is -2.56. The van der Waals surface area contributed by atoms with Crippen molar-refractivity contribution >= 4 is 11.7 Å². The van der Waals surface area contributed by atoms with Crippen LogP contribution >= 0.6 is 0 Å². The van der Waals surface area contributed by atoms with E-state index in [-0.39, 0.29) is 11.3 Å². The lowest BCUT2D eigenvalue weighted by molar-refractivity contribution is -0.133. The van der Waals surface area contributed by atoms with E-state index in [0.717, 1.165) is 62.3 Å². The lowest BCUT2D eigenvalue weighted by Crippen LogP contribution is -2.33. The maximum atomic E-state index is 13.2. The van der Waals surface area contributed by atoms with Crippen molar-refractivity contribution in [1.29, 1.82) is 0 Å². The molecule has 1 amide bonds. The summed E-state index contributed by atoms with van der Waals surface area (Å²) in [6.07, 6.45) is 7.86. The molecule has 0 saturated carbocycles. The summed E-state index contributed by atoms with van der Waals surface area (Å²) in [5.41, 5.74) is 1.39. The molecule has 33 heavy (non-hydrogen) atoms. The quantitative estimate of drug-likeness (QED) is 0.329. The second-order valence-corrected chi connectivity index (χ2v) is 10.3. The minimum absolute atomic E-state index is 0.240. The van der Waals surface area contributed by atoms with E-state index >= 15 is 0 Å². The summed E-state index contributed by atoms with van der Waals surface area (Å²) in [5.74, 6) is 2.42. The molecule has 0 fully saturated rings. The van der Waals surface area contributed by atoms with Gasteiger partial charge in [0.05, 0.1) is 7.11 Å². The number of nitrogens with zero attached hydrogens (tertiary/aromatic N) is 2. The first kappa shape index (κ1) is 26.7. The van der Waals surface area contributed by atoms with Crippen molar-refractivity contribution in [2.75, 3.05) is 25.5 Å². The van der Waals surface area contributed by atoms with Gasteiger partial charge in [0.1, 0.15) is 11.6 Å². The lowest BCUT2D eigenvalue weighted by Gasteiger charge is -2.27. The normalized spacial score (nSPS) is 12.3. The summed E-state index contributed by atoms with van der Waals surface area (Å²) >= 11 is 0. The van der Waals surface area contributed by atoms with Crippen LogP contribution in [0.25, 0.3) is 0 Å². The van der Waals surface area contributed by atoms with E-state index in [4.69, 9.17) is 4.74 Å². The molecule has 5 heteroatoms. The van der Waals surface area contributed by atoms with Gasteiger partial charge < -0.3 is 15.0 Å². The van der Waals surface area contributed by atoms with E-state index in [1.165, 1.54) is 0 Å². The van der Waals surface area contributed by atoms with Crippen LogP contribution < -0.4 is 10.1 Å². The number of anilines is 1.